The van der Waals surface area contributed by atoms with Crippen LogP contribution < -0.4 is 16.6 Å². The Balaban J connectivity index is 1.70. The van der Waals surface area contributed by atoms with Crippen molar-refractivity contribution >= 4 is 22.8 Å². The van der Waals surface area contributed by atoms with Gasteiger partial charge in [-0.25, -0.2) is 9.78 Å². The zero-order valence-electron chi connectivity index (χ0n) is 14.8. The van der Waals surface area contributed by atoms with Gasteiger partial charge in [0, 0.05) is 46.3 Å². The summed E-state index contributed by atoms with van der Waals surface area (Å²) in [6, 6.07) is 1.45. The number of carbonyl (C=O) groups excluding carboxylic acids is 2. The fraction of sp³-hybridized carbons (Fsp3) is 0.471. The van der Waals surface area contributed by atoms with Crippen LogP contribution in [0.1, 0.15) is 29.6 Å². The van der Waals surface area contributed by atoms with Crippen LogP contribution in [0.15, 0.2) is 21.9 Å². The smallest absolute Gasteiger partial charge is 0.332 e. The highest BCUT2D eigenvalue weighted by molar-refractivity contribution is 5.96. The second kappa shape index (κ2) is 7.11. The van der Waals surface area contributed by atoms with Crippen molar-refractivity contribution in [3.8, 4) is 0 Å². The Bertz CT molecular complexity index is 991. The van der Waals surface area contributed by atoms with E-state index in [0.29, 0.717) is 25.9 Å². The molecule has 0 unspecified atom stereocenters. The Kier molecular flexibility index (Phi) is 4.88. The third-order valence-corrected chi connectivity index (χ3v) is 4.62. The zero-order valence-corrected chi connectivity index (χ0v) is 14.8. The minimum atomic E-state index is -0.488. The fourth-order valence-electron chi connectivity index (χ4n) is 3.10. The molecule has 0 radical (unpaired) electrons. The maximum Gasteiger partial charge on any atom is 0.332 e. The van der Waals surface area contributed by atoms with E-state index < -0.39 is 11.2 Å². The minimum Gasteiger partial charge on any atom is -0.352 e. The van der Waals surface area contributed by atoms with Crippen LogP contribution in [0.3, 0.4) is 0 Å². The van der Waals surface area contributed by atoms with Gasteiger partial charge in [0.1, 0.15) is 5.65 Å². The molecule has 3 heterocycles. The Hall–Kier alpha value is -2.97. The molecule has 0 aromatic carbocycles. The molecule has 2 aromatic rings. The van der Waals surface area contributed by atoms with Crippen LogP contribution in [0.4, 0.5) is 0 Å². The third-order valence-electron chi connectivity index (χ3n) is 4.62. The molecule has 0 bridgehead atoms. The predicted octanol–water partition coefficient (Wildman–Crippen LogP) is -0.625. The zero-order chi connectivity index (χ0) is 18.8. The van der Waals surface area contributed by atoms with Crippen LogP contribution in [0.5, 0.6) is 0 Å². The average Bonchev–Trinajstić information content (AvgIpc) is 3.06. The molecule has 0 saturated carbocycles. The van der Waals surface area contributed by atoms with Crippen LogP contribution in [0, 0.1) is 0 Å². The van der Waals surface area contributed by atoms with Crippen molar-refractivity contribution in [3.63, 3.8) is 0 Å². The maximum absolute atomic E-state index is 12.3. The molecule has 0 atom stereocenters. The van der Waals surface area contributed by atoms with Crippen LogP contribution in [0.25, 0.3) is 11.0 Å². The van der Waals surface area contributed by atoms with Crippen LogP contribution in [0.2, 0.25) is 0 Å². The molecule has 9 nitrogen and oxygen atoms in total. The standard InChI is InChI=1S/C17H21N5O4/c1-20-14-12(16(25)21(2)17(20)26)9-11(10-19-14)15(24)18-6-4-8-22-7-3-5-13(22)23/h9-10H,3-8H2,1-2H3,(H,18,24). The number of hydrogen-bond donors (Lipinski definition) is 1. The van der Waals surface area contributed by atoms with E-state index >= 15 is 0 Å². The average molecular weight is 359 g/mol. The van der Waals surface area contributed by atoms with Crippen LogP contribution in [-0.2, 0) is 18.9 Å². The number of amides is 2. The SMILES string of the molecule is Cn1c(=O)c2cc(C(=O)NCCCN3CCCC3=O)cnc2n(C)c1=O. The van der Waals surface area contributed by atoms with Crippen molar-refractivity contribution in [2.45, 2.75) is 19.3 Å². The van der Waals surface area contributed by atoms with Gasteiger partial charge in [-0.05, 0) is 18.9 Å². The van der Waals surface area contributed by atoms with Gasteiger partial charge in [-0.2, -0.15) is 0 Å². The van der Waals surface area contributed by atoms with E-state index in [4.69, 9.17) is 0 Å². The summed E-state index contributed by atoms with van der Waals surface area (Å²) in [5, 5.41) is 2.98. The topological polar surface area (TPSA) is 106 Å². The molecular formula is C17H21N5O4. The molecule has 1 aliphatic rings. The van der Waals surface area contributed by atoms with E-state index in [1.807, 2.05) is 0 Å². The van der Waals surface area contributed by atoms with Gasteiger partial charge in [-0.15, -0.1) is 0 Å². The first kappa shape index (κ1) is 17.8. The lowest BCUT2D eigenvalue weighted by atomic mass is 10.2. The second-order valence-corrected chi connectivity index (χ2v) is 6.39. The fourth-order valence-corrected chi connectivity index (χ4v) is 3.10. The lowest BCUT2D eigenvalue weighted by Crippen LogP contribution is -2.37. The summed E-state index contributed by atoms with van der Waals surface area (Å²) < 4.78 is 2.25. The lowest BCUT2D eigenvalue weighted by molar-refractivity contribution is -0.127. The molecule has 0 aliphatic carbocycles. The van der Waals surface area contributed by atoms with Gasteiger partial charge in [0.15, 0.2) is 0 Å². The Morgan fingerprint density at radius 3 is 2.69 bits per heavy atom. The number of aryl methyl sites for hydroxylation is 1. The largest absolute Gasteiger partial charge is 0.352 e. The van der Waals surface area contributed by atoms with Gasteiger partial charge in [-0.3, -0.25) is 23.5 Å². The molecule has 1 saturated heterocycles. The number of nitrogens with one attached hydrogen (secondary N) is 1. The van der Waals surface area contributed by atoms with Gasteiger partial charge in [0.2, 0.25) is 5.91 Å². The highest BCUT2D eigenvalue weighted by Gasteiger charge is 2.19. The number of hydrogen-bond acceptors (Lipinski definition) is 5. The summed E-state index contributed by atoms with van der Waals surface area (Å²) in [4.78, 5) is 53.9. The number of carbonyl (C=O) groups is 2. The highest BCUT2D eigenvalue weighted by Crippen LogP contribution is 2.10. The van der Waals surface area contributed by atoms with E-state index in [-0.39, 0.29) is 28.4 Å². The molecule has 0 spiro atoms. The third kappa shape index (κ3) is 3.24. The first-order valence-corrected chi connectivity index (χ1v) is 8.52. The van der Waals surface area contributed by atoms with Gasteiger partial charge < -0.3 is 10.2 Å². The highest BCUT2D eigenvalue weighted by atomic mass is 16.2. The van der Waals surface area contributed by atoms with Crippen molar-refractivity contribution < 1.29 is 9.59 Å². The van der Waals surface area contributed by atoms with Crippen LogP contribution >= 0.6 is 0 Å². The number of pyridine rings is 1. The number of aromatic nitrogens is 3. The molecule has 1 N–H and O–H groups in total. The van der Waals surface area contributed by atoms with Crippen LogP contribution in [-0.4, -0.2) is 50.5 Å². The minimum absolute atomic E-state index is 0.163. The molecule has 3 rings (SSSR count). The van der Waals surface area contributed by atoms with Gasteiger partial charge >= 0.3 is 5.69 Å². The van der Waals surface area contributed by atoms with Crippen molar-refractivity contribution in [3.05, 3.63) is 38.7 Å². The summed E-state index contributed by atoms with van der Waals surface area (Å²) in [6.07, 6.45) is 3.51. The summed E-state index contributed by atoms with van der Waals surface area (Å²) in [5.41, 5.74) is -0.464. The van der Waals surface area contributed by atoms with E-state index in [9.17, 15) is 19.2 Å². The molecule has 26 heavy (non-hydrogen) atoms. The van der Waals surface area contributed by atoms with Gasteiger partial charge in [0.05, 0.1) is 10.9 Å². The summed E-state index contributed by atoms with van der Waals surface area (Å²) in [6.45, 7) is 1.83. The van der Waals surface area contributed by atoms with E-state index in [1.54, 1.807) is 4.90 Å². The van der Waals surface area contributed by atoms with E-state index in [0.717, 1.165) is 17.5 Å². The first-order valence-electron chi connectivity index (χ1n) is 8.52. The number of rotatable bonds is 5. The van der Waals surface area contributed by atoms with Crippen molar-refractivity contribution in [2.75, 3.05) is 19.6 Å². The Labute approximate surface area is 149 Å². The maximum atomic E-state index is 12.3. The van der Waals surface area contributed by atoms with Gasteiger partial charge in [-0.1, -0.05) is 0 Å². The number of fused-ring (bicyclic) bond motifs is 1. The summed E-state index contributed by atoms with van der Waals surface area (Å²) >= 11 is 0. The second-order valence-electron chi connectivity index (χ2n) is 6.39. The number of nitrogens with zero attached hydrogens (tertiary/aromatic N) is 4. The molecule has 2 amide bonds. The molecule has 9 heteroatoms. The van der Waals surface area contributed by atoms with Gasteiger partial charge in [0.25, 0.3) is 11.5 Å². The summed E-state index contributed by atoms with van der Waals surface area (Å²) in [7, 11) is 2.91. The van der Waals surface area contributed by atoms with Crippen molar-refractivity contribution in [1.82, 2.24) is 24.3 Å². The molecular weight excluding hydrogens is 338 g/mol. The summed E-state index contributed by atoms with van der Waals surface area (Å²) in [5.74, 6) is -0.181. The lowest BCUT2D eigenvalue weighted by Gasteiger charge is -2.15. The Morgan fingerprint density at radius 2 is 2.00 bits per heavy atom. The monoisotopic (exact) mass is 359 g/mol. The van der Waals surface area contributed by atoms with E-state index in [2.05, 4.69) is 10.3 Å². The molecule has 138 valence electrons. The van der Waals surface area contributed by atoms with Crippen molar-refractivity contribution in [1.29, 1.82) is 0 Å². The Morgan fingerprint density at radius 1 is 1.23 bits per heavy atom. The molecule has 1 aliphatic heterocycles. The normalized spacial score (nSPS) is 14.2. The molecule has 2 aromatic heterocycles. The first-order chi connectivity index (χ1) is 12.4. The van der Waals surface area contributed by atoms with E-state index in [1.165, 1.54) is 30.9 Å². The number of likely N-dealkylation sites (tertiary alicyclic amines) is 1. The molecule has 1 fully saturated rings. The predicted molar refractivity (Wildman–Crippen MR) is 95.0 cm³/mol. The quantitative estimate of drug-likeness (QED) is 0.716. The van der Waals surface area contributed by atoms with Crippen molar-refractivity contribution in [2.24, 2.45) is 14.1 Å².